The summed E-state index contributed by atoms with van der Waals surface area (Å²) in [5, 5.41) is 8.83. The zero-order valence-electron chi connectivity index (χ0n) is 10.3. The molecule has 0 amide bonds. The van der Waals surface area contributed by atoms with Gasteiger partial charge in [0.25, 0.3) is 5.56 Å². The molecule has 2 N–H and O–H groups in total. The summed E-state index contributed by atoms with van der Waals surface area (Å²) in [6.07, 6.45) is 1.10. The highest BCUT2D eigenvalue weighted by molar-refractivity contribution is 5.86. The Morgan fingerprint density at radius 1 is 1.41 bits per heavy atom. The number of hydrogen-bond donors (Lipinski definition) is 2. The number of nitrogens with one attached hydrogen (secondary N) is 1. The number of rotatable bonds is 2. The summed E-state index contributed by atoms with van der Waals surface area (Å²) >= 11 is 0. The highest BCUT2D eigenvalue weighted by Crippen LogP contribution is 2.28. The molecule has 1 aromatic rings. The maximum Gasteiger partial charge on any atom is 0.342 e. The summed E-state index contributed by atoms with van der Waals surface area (Å²) in [6.45, 7) is 7.58. The first-order valence-corrected chi connectivity index (χ1v) is 5.23. The van der Waals surface area contributed by atoms with Gasteiger partial charge in [-0.1, -0.05) is 20.8 Å². The molecule has 1 unspecified atom stereocenters. The number of aromatic nitrogens is 2. The topological polar surface area (TPSA) is 92.2 Å². The molecule has 0 bridgehead atoms. The highest BCUT2D eigenvalue weighted by atomic mass is 16.4. The Bertz CT molecular complexity index is 548. The lowest BCUT2D eigenvalue weighted by molar-refractivity contribution is 0.0692. The van der Waals surface area contributed by atoms with Crippen molar-refractivity contribution in [2.75, 3.05) is 0 Å². The summed E-state index contributed by atoms with van der Waals surface area (Å²) < 4.78 is 1.24. The predicted octanol–water partition coefficient (Wildman–Crippen LogP) is 0.842. The molecule has 1 aromatic heterocycles. The van der Waals surface area contributed by atoms with Crippen molar-refractivity contribution in [3.63, 3.8) is 0 Å². The maximum absolute atomic E-state index is 11.6. The Morgan fingerprint density at radius 3 is 2.35 bits per heavy atom. The molecule has 0 saturated heterocycles. The number of hydrogen-bond acceptors (Lipinski definition) is 3. The standard InChI is InChI=1S/C11H16N2O4/c1-6(11(2,3)4)13-5-7(9(15)16)8(14)12-10(13)17/h5-6H,1-4H3,(H,15,16)(H,12,14,17). The average Bonchev–Trinajstić information content (AvgIpc) is 2.14. The molecule has 0 spiro atoms. The molecule has 0 aromatic carbocycles. The molecule has 17 heavy (non-hydrogen) atoms. The van der Waals surface area contributed by atoms with E-state index in [1.54, 1.807) is 6.92 Å². The van der Waals surface area contributed by atoms with Crippen molar-refractivity contribution in [3.05, 3.63) is 32.6 Å². The van der Waals surface area contributed by atoms with Crippen LogP contribution in [0.3, 0.4) is 0 Å². The van der Waals surface area contributed by atoms with Crippen LogP contribution in [-0.2, 0) is 0 Å². The Hall–Kier alpha value is -1.85. The quantitative estimate of drug-likeness (QED) is 0.801. The van der Waals surface area contributed by atoms with E-state index in [0.29, 0.717) is 0 Å². The van der Waals surface area contributed by atoms with Crippen LogP contribution in [-0.4, -0.2) is 20.6 Å². The number of aromatic amines is 1. The number of carbonyl (C=O) groups is 1. The predicted molar refractivity (Wildman–Crippen MR) is 62.4 cm³/mol. The van der Waals surface area contributed by atoms with E-state index >= 15 is 0 Å². The zero-order chi connectivity index (χ0) is 13.4. The summed E-state index contributed by atoms with van der Waals surface area (Å²) in [5.41, 5.74) is -2.12. The van der Waals surface area contributed by atoms with E-state index in [0.717, 1.165) is 6.20 Å². The van der Waals surface area contributed by atoms with Gasteiger partial charge in [-0.2, -0.15) is 0 Å². The van der Waals surface area contributed by atoms with Gasteiger partial charge >= 0.3 is 11.7 Å². The molecule has 0 aliphatic carbocycles. The minimum Gasteiger partial charge on any atom is -0.477 e. The smallest absolute Gasteiger partial charge is 0.342 e. The lowest BCUT2D eigenvalue weighted by atomic mass is 9.88. The lowest BCUT2D eigenvalue weighted by Gasteiger charge is -2.28. The second-order valence-electron chi connectivity index (χ2n) is 5.06. The first-order valence-electron chi connectivity index (χ1n) is 5.23. The highest BCUT2D eigenvalue weighted by Gasteiger charge is 2.24. The fourth-order valence-corrected chi connectivity index (χ4v) is 1.34. The largest absolute Gasteiger partial charge is 0.477 e. The summed E-state index contributed by atoms with van der Waals surface area (Å²) in [6, 6.07) is -0.232. The van der Waals surface area contributed by atoms with Crippen LogP contribution in [0.15, 0.2) is 15.8 Å². The monoisotopic (exact) mass is 240 g/mol. The third-order valence-corrected chi connectivity index (χ3v) is 2.87. The number of H-pyrrole nitrogens is 1. The third kappa shape index (κ3) is 2.64. The van der Waals surface area contributed by atoms with Crippen LogP contribution >= 0.6 is 0 Å². The van der Waals surface area contributed by atoms with Crippen molar-refractivity contribution < 1.29 is 9.90 Å². The minimum absolute atomic E-state index is 0.224. The molecular formula is C11H16N2O4. The fraction of sp³-hybridized carbons (Fsp3) is 0.545. The van der Waals surface area contributed by atoms with E-state index in [1.165, 1.54) is 4.57 Å². The second kappa shape index (κ2) is 4.20. The molecule has 0 aliphatic heterocycles. The number of nitrogens with zero attached hydrogens (tertiary/aromatic N) is 1. The maximum atomic E-state index is 11.6. The van der Waals surface area contributed by atoms with Crippen LogP contribution in [0, 0.1) is 5.41 Å². The van der Waals surface area contributed by atoms with Crippen LogP contribution in [0.5, 0.6) is 0 Å². The van der Waals surface area contributed by atoms with Gasteiger partial charge in [-0.3, -0.25) is 14.3 Å². The van der Waals surface area contributed by atoms with Crippen molar-refractivity contribution in [1.82, 2.24) is 9.55 Å². The zero-order valence-corrected chi connectivity index (χ0v) is 10.3. The van der Waals surface area contributed by atoms with Gasteiger partial charge in [0.05, 0.1) is 0 Å². The molecule has 1 heterocycles. The SMILES string of the molecule is CC(n1cc(C(=O)O)c(=O)[nH]c1=O)C(C)(C)C. The van der Waals surface area contributed by atoms with Gasteiger partial charge in [-0.15, -0.1) is 0 Å². The third-order valence-electron chi connectivity index (χ3n) is 2.87. The van der Waals surface area contributed by atoms with Gasteiger partial charge in [0.1, 0.15) is 5.56 Å². The van der Waals surface area contributed by atoms with Crippen LogP contribution in [0.4, 0.5) is 0 Å². The van der Waals surface area contributed by atoms with E-state index in [-0.39, 0.29) is 11.5 Å². The van der Waals surface area contributed by atoms with Crippen LogP contribution in [0.2, 0.25) is 0 Å². The van der Waals surface area contributed by atoms with Crippen molar-refractivity contribution in [1.29, 1.82) is 0 Å². The normalized spacial score (nSPS) is 13.4. The summed E-state index contributed by atoms with van der Waals surface area (Å²) in [4.78, 5) is 35.7. The van der Waals surface area contributed by atoms with Gasteiger partial charge in [0, 0.05) is 12.2 Å². The minimum atomic E-state index is -1.35. The molecule has 0 radical (unpaired) electrons. The lowest BCUT2D eigenvalue weighted by Crippen LogP contribution is -2.38. The van der Waals surface area contributed by atoms with Gasteiger partial charge in [-0.25, -0.2) is 9.59 Å². The number of aromatic carboxylic acids is 1. The first kappa shape index (κ1) is 13.2. The van der Waals surface area contributed by atoms with E-state index in [9.17, 15) is 14.4 Å². The Kier molecular flexibility index (Phi) is 3.26. The molecule has 6 nitrogen and oxygen atoms in total. The molecule has 1 rings (SSSR count). The number of carboxylic acid groups (broad SMARTS) is 1. The van der Waals surface area contributed by atoms with Crippen LogP contribution in [0.1, 0.15) is 44.1 Å². The average molecular weight is 240 g/mol. The van der Waals surface area contributed by atoms with Gasteiger partial charge in [-0.05, 0) is 12.3 Å². The van der Waals surface area contributed by atoms with E-state index in [2.05, 4.69) is 0 Å². The molecule has 94 valence electrons. The van der Waals surface area contributed by atoms with Crippen molar-refractivity contribution in [3.8, 4) is 0 Å². The van der Waals surface area contributed by atoms with E-state index in [4.69, 9.17) is 5.11 Å². The van der Waals surface area contributed by atoms with Gasteiger partial charge in [0.15, 0.2) is 0 Å². The molecule has 6 heteroatoms. The molecule has 1 atom stereocenters. The molecular weight excluding hydrogens is 224 g/mol. The Morgan fingerprint density at radius 2 is 1.94 bits per heavy atom. The van der Waals surface area contributed by atoms with Gasteiger partial charge in [0.2, 0.25) is 0 Å². The van der Waals surface area contributed by atoms with E-state index in [1.807, 2.05) is 25.8 Å². The summed E-state index contributed by atoms with van der Waals surface area (Å²) in [7, 11) is 0. The van der Waals surface area contributed by atoms with Crippen molar-refractivity contribution in [2.24, 2.45) is 5.41 Å². The summed E-state index contributed by atoms with van der Waals surface area (Å²) in [5.74, 6) is -1.35. The van der Waals surface area contributed by atoms with E-state index < -0.39 is 22.8 Å². The number of carboxylic acids is 1. The Labute approximate surface area is 97.9 Å². The fourth-order valence-electron chi connectivity index (χ4n) is 1.34. The second-order valence-corrected chi connectivity index (χ2v) is 5.06. The van der Waals surface area contributed by atoms with Crippen LogP contribution < -0.4 is 11.2 Å². The Balaban J connectivity index is 3.46. The van der Waals surface area contributed by atoms with Crippen molar-refractivity contribution >= 4 is 5.97 Å². The van der Waals surface area contributed by atoms with Crippen molar-refractivity contribution in [2.45, 2.75) is 33.7 Å². The van der Waals surface area contributed by atoms with Crippen LogP contribution in [0.25, 0.3) is 0 Å². The molecule has 0 fully saturated rings. The first-order chi connectivity index (χ1) is 7.64. The molecule has 0 aliphatic rings. The molecule has 0 saturated carbocycles. The van der Waals surface area contributed by atoms with Gasteiger partial charge < -0.3 is 5.11 Å².